The van der Waals surface area contributed by atoms with Gasteiger partial charge in [0.15, 0.2) is 6.29 Å². The van der Waals surface area contributed by atoms with E-state index >= 15 is 0 Å². The van der Waals surface area contributed by atoms with Gasteiger partial charge in [-0.25, -0.2) is 0 Å². The first-order valence-corrected chi connectivity index (χ1v) is 14.3. The molecule has 2 atom stereocenters. The molecule has 0 aromatic heterocycles. The number of ketones is 1. The Hall–Kier alpha value is -1.97. The van der Waals surface area contributed by atoms with Crippen molar-refractivity contribution in [3.8, 4) is 0 Å². The van der Waals surface area contributed by atoms with Gasteiger partial charge in [-0.05, 0) is 66.9 Å². The quantitative estimate of drug-likeness (QED) is 0.153. The highest BCUT2D eigenvalue weighted by molar-refractivity contribution is 5.78. The average Bonchev–Trinajstić information content (AvgIpc) is 2.88. The highest BCUT2D eigenvalue weighted by Gasteiger charge is 2.27. The van der Waals surface area contributed by atoms with E-state index in [1.807, 2.05) is 18.2 Å². The molecule has 2 aromatic carbocycles. The number of rotatable bonds is 19. The van der Waals surface area contributed by atoms with E-state index in [1.54, 1.807) is 0 Å². The SMILES string of the molecule is CCCC(C)(CCCCCC(=O)CCCCCC(C)(CCC(O)O)c1ccccc1)c1ccccc1. The fraction of sp³-hybridized carbons (Fsp3) is 0.606. The smallest absolute Gasteiger partial charge is 0.151 e. The van der Waals surface area contributed by atoms with Crippen LogP contribution in [0.5, 0.6) is 0 Å². The molecular weight excluding hydrogens is 444 g/mol. The lowest BCUT2D eigenvalue weighted by atomic mass is 9.74. The first-order valence-electron chi connectivity index (χ1n) is 14.3. The summed E-state index contributed by atoms with van der Waals surface area (Å²) in [7, 11) is 0. The maximum atomic E-state index is 12.4. The van der Waals surface area contributed by atoms with Crippen LogP contribution in [0.2, 0.25) is 0 Å². The Bertz CT molecular complexity index is 848. The molecule has 2 unspecified atom stereocenters. The van der Waals surface area contributed by atoms with Gasteiger partial charge in [0.05, 0.1) is 0 Å². The molecule has 200 valence electrons. The van der Waals surface area contributed by atoms with Crippen molar-refractivity contribution in [2.24, 2.45) is 0 Å². The van der Waals surface area contributed by atoms with Crippen molar-refractivity contribution in [3.05, 3.63) is 71.8 Å². The van der Waals surface area contributed by atoms with Crippen LogP contribution in [0.25, 0.3) is 0 Å². The van der Waals surface area contributed by atoms with Crippen LogP contribution in [0.15, 0.2) is 60.7 Å². The Labute approximate surface area is 220 Å². The van der Waals surface area contributed by atoms with Gasteiger partial charge < -0.3 is 10.2 Å². The molecule has 0 heterocycles. The van der Waals surface area contributed by atoms with Crippen LogP contribution in [-0.4, -0.2) is 22.3 Å². The molecule has 2 N–H and O–H groups in total. The van der Waals surface area contributed by atoms with Crippen LogP contribution in [0.3, 0.4) is 0 Å². The summed E-state index contributed by atoms with van der Waals surface area (Å²) in [6.45, 7) is 6.88. The number of unbranched alkanes of at least 4 members (excludes halogenated alkanes) is 4. The summed E-state index contributed by atoms with van der Waals surface area (Å²) in [6, 6.07) is 21.3. The number of hydrogen-bond acceptors (Lipinski definition) is 3. The monoisotopic (exact) mass is 494 g/mol. The fourth-order valence-electron chi connectivity index (χ4n) is 5.66. The number of aliphatic hydroxyl groups excluding tert-OH is 1. The second kappa shape index (κ2) is 16.0. The van der Waals surface area contributed by atoms with E-state index in [9.17, 15) is 15.0 Å². The normalized spacial score (nSPS) is 14.9. The minimum Gasteiger partial charge on any atom is -0.368 e. The van der Waals surface area contributed by atoms with E-state index in [-0.39, 0.29) is 10.8 Å². The molecule has 0 aliphatic carbocycles. The molecular formula is C33H50O3. The maximum Gasteiger partial charge on any atom is 0.151 e. The first-order chi connectivity index (χ1) is 17.3. The number of hydrogen-bond donors (Lipinski definition) is 2. The number of carbonyl (C=O) groups excluding carboxylic acids is 1. The van der Waals surface area contributed by atoms with Crippen molar-refractivity contribution >= 4 is 5.78 Å². The van der Waals surface area contributed by atoms with E-state index in [0.717, 1.165) is 44.9 Å². The second-order valence-electron chi connectivity index (χ2n) is 11.3. The molecule has 0 bridgehead atoms. The largest absolute Gasteiger partial charge is 0.368 e. The van der Waals surface area contributed by atoms with Gasteiger partial charge in [0.2, 0.25) is 0 Å². The van der Waals surface area contributed by atoms with Crippen LogP contribution in [0.1, 0.15) is 122 Å². The topological polar surface area (TPSA) is 57.5 Å². The van der Waals surface area contributed by atoms with Gasteiger partial charge in [-0.15, -0.1) is 0 Å². The van der Waals surface area contributed by atoms with Crippen LogP contribution < -0.4 is 0 Å². The summed E-state index contributed by atoms with van der Waals surface area (Å²) in [6.07, 6.45) is 12.2. The minimum atomic E-state index is -1.26. The van der Waals surface area contributed by atoms with Gasteiger partial charge in [0.1, 0.15) is 5.78 Å². The van der Waals surface area contributed by atoms with E-state index in [0.29, 0.717) is 25.0 Å². The molecule has 3 heteroatoms. The number of benzene rings is 2. The molecule has 36 heavy (non-hydrogen) atoms. The van der Waals surface area contributed by atoms with Gasteiger partial charge in [0.25, 0.3) is 0 Å². The van der Waals surface area contributed by atoms with Gasteiger partial charge in [-0.3, -0.25) is 4.79 Å². The highest BCUT2D eigenvalue weighted by atomic mass is 16.5. The molecule has 2 aromatic rings. The Balaban J connectivity index is 1.65. The van der Waals surface area contributed by atoms with Crippen LogP contribution in [-0.2, 0) is 15.6 Å². The van der Waals surface area contributed by atoms with Crippen LogP contribution >= 0.6 is 0 Å². The Morgan fingerprint density at radius 1 is 0.667 bits per heavy atom. The highest BCUT2D eigenvalue weighted by Crippen LogP contribution is 2.36. The third-order valence-corrected chi connectivity index (χ3v) is 8.07. The Morgan fingerprint density at radius 2 is 1.11 bits per heavy atom. The predicted octanol–water partition coefficient (Wildman–Crippen LogP) is 8.26. The molecule has 0 aliphatic rings. The van der Waals surface area contributed by atoms with Crippen molar-refractivity contribution < 1.29 is 15.0 Å². The van der Waals surface area contributed by atoms with Gasteiger partial charge in [-0.1, -0.05) is 114 Å². The molecule has 0 spiro atoms. The Morgan fingerprint density at radius 3 is 1.53 bits per heavy atom. The second-order valence-corrected chi connectivity index (χ2v) is 11.3. The van der Waals surface area contributed by atoms with Crippen LogP contribution in [0, 0.1) is 0 Å². The average molecular weight is 495 g/mol. The van der Waals surface area contributed by atoms with Crippen molar-refractivity contribution in [3.63, 3.8) is 0 Å². The zero-order chi connectivity index (χ0) is 26.3. The van der Waals surface area contributed by atoms with E-state index in [2.05, 4.69) is 63.2 Å². The number of carbonyl (C=O) groups is 1. The maximum absolute atomic E-state index is 12.4. The third-order valence-electron chi connectivity index (χ3n) is 8.07. The summed E-state index contributed by atoms with van der Waals surface area (Å²) >= 11 is 0. The summed E-state index contributed by atoms with van der Waals surface area (Å²) in [4.78, 5) is 12.4. The molecule has 0 saturated heterocycles. The summed E-state index contributed by atoms with van der Waals surface area (Å²) in [5.74, 6) is 0.406. The number of Topliss-reactive ketones (excluding diaryl/α,β-unsaturated/α-hetero) is 1. The van der Waals surface area contributed by atoms with Crippen molar-refractivity contribution in [1.29, 1.82) is 0 Å². The summed E-state index contributed by atoms with van der Waals surface area (Å²) in [5.41, 5.74) is 2.87. The van der Waals surface area contributed by atoms with Crippen LogP contribution in [0.4, 0.5) is 0 Å². The standard InChI is InChI=1S/C33H50O3/c1-4-24-32(2,28-17-9-5-10-18-28)25-15-7-13-21-30(34)22-14-8-16-26-33(3,27-23-31(35)36)29-19-11-6-12-20-29/h5-6,9-12,17-20,31,35-36H,4,7-8,13-16,21-27H2,1-3H3. The predicted molar refractivity (Wildman–Crippen MR) is 151 cm³/mol. The van der Waals surface area contributed by atoms with E-state index in [4.69, 9.17) is 0 Å². The van der Waals surface area contributed by atoms with Crippen molar-refractivity contribution in [1.82, 2.24) is 0 Å². The Kier molecular flexibility index (Phi) is 13.4. The molecule has 2 rings (SSSR count). The van der Waals surface area contributed by atoms with E-state index in [1.165, 1.54) is 36.8 Å². The number of aliphatic hydroxyl groups is 2. The zero-order valence-corrected chi connectivity index (χ0v) is 23.1. The molecule has 0 aliphatic heterocycles. The molecule has 0 amide bonds. The van der Waals surface area contributed by atoms with Gasteiger partial charge in [-0.2, -0.15) is 0 Å². The zero-order valence-electron chi connectivity index (χ0n) is 23.1. The van der Waals surface area contributed by atoms with Gasteiger partial charge in [0, 0.05) is 12.8 Å². The summed E-state index contributed by atoms with van der Waals surface area (Å²) in [5, 5.41) is 18.7. The molecule has 3 nitrogen and oxygen atoms in total. The molecule has 0 saturated carbocycles. The van der Waals surface area contributed by atoms with Crippen molar-refractivity contribution in [2.45, 2.75) is 128 Å². The lowest BCUT2D eigenvalue weighted by Crippen LogP contribution is -2.24. The summed E-state index contributed by atoms with van der Waals surface area (Å²) < 4.78 is 0. The molecule has 0 fully saturated rings. The fourth-order valence-corrected chi connectivity index (χ4v) is 5.66. The van der Waals surface area contributed by atoms with E-state index < -0.39 is 6.29 Å². The molecule has 0 radical (unpaired) electrons. The first kappa shape index (κ1) is 30.3. The van der Waals surface area contributed by atoms with Crippen molar-refractivity contribution in [2.75, 3.05) is 0 Å². The van der Waals surface area contributed by atoms with Gasteiger partial charge >= 0.3 is 0 Å². The third kappa shape index (κ3) is 10.6. The minimum absolute atomic E-state index is 0.0684. The lowest BCUT2D eigenvalue weighted by molar-refractivity contribution is -0.119. The lowest BCUT2D eigenvalue weighted by Gasteiger charge is -2.31.